The first-order valence-corrected chi connectivity index (χ1v) is 12.4. The van der Waals surface area contributed by atoms with Crippen LogP contribution >= 0.6 is 11.6 Å². The maximum Gasteiger partial charge on any atom is 0.241 e. The van der Waals surface area contributed by atoms with Crippen molar-refractivity contribution < 1.29 is 14.1 Å². The van der Waals surface area contributed by atoms with Crippen molar-refractivity contribution in [3.05, 3.63) is 59.4 Å². The number of rotatable bonds is 7. The van der Waals surface area contributed by atoms with Gasteiger partial charge in [-0.25, -0.2) is 0 Å². The van der Waals surface area contributed by atoms with Gasteiger partial charge in [0.1, 0.15) is 5.75 Å². The minimum Gasteiger partial charge on any atom is -0.490 e. The average molecular weight is 481 g/mol. The molecule has 1 saturated carbocycles. The second-order valence-corrected chi connectivity index (χ2v) is 9.57. The van der Waals surface area contributed by atoms with Gasteiger partial charge in [-0.3, -0.25) is 9.69 Å². The van der Waals surface area contributed by atoms with Gasteiger partial charge < -0.3 is 14.6 Å². The fourth-order valence-electron chi connectivity index (χ4n) is 4.73. The number of anilines is 1. The van der Waals surface area contributed by atoms with E-state index in [2.05, 4.69) is 20.4 Å². The normalized spacial score (nSPS) is 19.3. The molecule has 0 bridgehead atoms. The number of benzene rings is 2. The molecule has 1 aliphatic heterocycles. The SMILES string of the molecule is O=C(Nc1ccc(OC2CCCC2)cc1)C1CCCN(Cc2nc(-c3cccc(Cl)c3)no2)C1. The van der Waals surface area contributed by atoms with Gasteiger partial charge >= 0.3 is 0 Å². The summed E-state index contributed by atoms with van der Waals surface area (Å²) in [7, 11) is 0. The molecule has 1 saturated heterocycles. The van der Waals surface area contributed by atoms with Crippen LogP contribution < -0.4 is 10.1 Å². The zero-order chi connectivity index (χ0) is 23.3. The van der Waals surface area contributed by atoms with Gasteiger partial charge in [0.15, 0.2) is 0 Å². The first-order chi connectivity index (χ1) is 16.6. The molecule has 3 aromatic rings. The Bertz CT molecular complexity index is 1110. The lowest BCUT2D eigenvalue weighted by molar-refractivity contribution is -0.121. The molecule has 0 spiro atoms. The standard InChI is InChI=1S/C26H29ClN4O3/c27-20-7-3-5-18(15-20)25-29-24(34-30-25)17-31-14-4-6-19(16-31)26(32)28-21-10-12-23(13-11-21)33-22-8-1-2-9-22/h3,5,7,10-13,15,19,22H,1-2,4,6,8-9,14,16-17H2,(H,28,32). The second kappa shape index (κ2) is 10.6. The summed E-state index contributed by atoms with van der Waals surface area (Å²) in [5.41, 5.74) is 1.61. The molecule has 1 aliphatic carbocycles. The van der Waals surface area contributed by atoms with Crippen LogP contribution in [0.4, 0.5) is 5.69 Å². The molecule has 2 fully saturated rings. The molecule has 2 heterocycles. The van der Waals surface area contributed by atoms with Crippen LogP contribution in [0.25, 0.3) is 11.4 Å². The number of nitrogens with zero attached hydrogens (tertiary/aromatic N) is 3. The van der Waals surface area contributed by atoms with Crippen molar-refractivity contribution >= 4 is 23.2 Å². The molecular weight excluding hydrogens is 452 g/mol. The minimum absolute atomic E-state index is 0.0410. The van der Waals surface area contributed by atoms with Crippen molar-refractivity contribution in [3.8, 4) is 17.1 Å². The first kappa shape index (κ1) is 22.9. The molecule has 2 aromatic carbocycles. The van der Waals surface area contributed by atoms with Crippen LogP contribution in [-0.4, -0.2) is 40.1 Å². The van der Waals surface area contributed by atoms with Crippen molar-refractivity contribution in [3.63, 3.8) is 0 Å². The highest BCUT2D eigenvalue weighted by Crippen LogP contribution is 2.26. The molecule has 1 atom stereocenters. The van der Waals surface area contributed by atoms with E-state index in [0.29, 0.717) is 35.9 Å². The summed E-state index contributed by atoms with van der Waals surface area (Å²) in [6, 6.07) is 15.1. The highest BCUT2D eigenvalue weighted by molar-refractivity contribution is 6.30. The van der Waals surface area contributed by atoms with E-state index in [1.807, 2.05) is 48.5 Å². The monoisotopic (exact) mass is 480 g/mol. The van der Waals surface area contributed by atoms with Crippen LogP contribution in [0.1, 0.15) is 44.4 Å². The Hall–Kier alpha value is -2.90. The van der Waals surface area contributed by atoms with Gasteiger partial charge in [-0.15, -0.1) is 0 Å². The van der Waals surface area contributed by atoms with Crippen LogP contribution in [0.3, 0.4) is 0 Å². The predicted octanol–water partition coefficient (Wildman–Crippen LogP) is 5.56. The van der Waals surface area contributed by atoms with Gasteiger partial charge in [-0.2, -0.15) is 4.98 Å². The lowest BCUT2D eigenvalue weighted by atomic mass is 9.97. The smallest absolute Gasteiger partial charge is 0.241 e. The number of hydrogen-bond acceptors (Lipinski definition) is 6. The number of carbonyl (C=O) groups excluding carboxylic acids is 1. The minimum atomic E-state index is -0.0847. The third-order valence-electron chi connectivity index (χ3n) is 6.51. The van der Waals surface area contributed by atoms with Crippen molar-refractivity contribution in [2.75, 3.05) is 18.4 Å². The van der Waals surface area contributed by atoms with Crippen LogP contribution in [0.2, 0.25) is 5.02 Å². The van der Waals surface area contributed by atoms with Gasteiger partial charge in [0.05, 0.1) is 18.6 Å². The summed E-state index contributed by atoms with van der Waals surface area (Å²) in [6.07, 6.45) is 6.88. The Morgan fingerprint density at radius 1 is 1.12 bits per heavy atom. The van der Waals surface area contributed by atoms with Gasteiger partial charge in [0.2, 0.25) is 17.6 Å². The number of carbonyl (C=O) groups is 1. The zero-order valence-electron chi connectivity index (χ0n) is 19.1. The van der Waals surface area contributed by atoms with E-state index in [4.69, 9.17) is 20.9 Å². The van der Waals surface area contributed by atoms with Gasteiger partial charge in [-0.05, 0) is 81.5 Å². The lowest BCUT2D eigenvalue weighted by Crippen LogP contribution is -2.40. The summed E-state index contributed by atoms with van der Waals surface area (Å²) in [4.78, 5) is 19.6. The van der Waals surface area contributed by atoms with Gasteiger partial charge in [0.25, 0.3) is 0 Å². The molecule has 8 heteroatoms. The average Bonchev–Trinajstić information content (AvgIpc) is 3.53. The van der Waals surface area contributed by atoms with E-state index < -0.39 is 0 Å². The topological polar surface area (TPSA) is 80.5 Å². The Kier molecular flexibility index (Phi) is 7.11. The number of amides is 1. The Morgan fingerprint density at radius 2 is 1.94 bits per heavy atom. The molecule has 1 N–H and O–H groups in total. The number of likely N-dealkylation sites (tertiary alicyclic amines) is 1. The molecule has 178 valence electrons. The fraction of sp³-hybridized carbons (Fsp3) is 0.423. The summed E-state index contributed by atoms with van der Waals surface area (Å²) in [6.45, 7) is 2.07. The van der Waals surface area contributed by atoms with Crippen molar-refractivity contribution in [1.29, 1.82) is 0 Å². The molecule has 5 rings (SSSR count). The summed E-state index contributed by atoms with van der Waals surface area (Å²) < 4.78 is 11.5. The van der Waals surface area contributed by atoms with E-state index in [-0.39, 0.29) is 11.8 Å². The quantitative estimate of drug-likeness (QED) is 0.476. The van der Waals surface area contributed by atoms with E-state index in [9.17, 15) is 4.79 Å². The Labute approximate surface area is 204 Å². The predicted molar refractivity (Wildman–Crippen MR) is 131 cm³/mol. The zero-order valence-corrected chi connectivity index (χ0v) is 19.8. The Morgan fingerprint density at radius 3 is 2.74 bits per heavy atom. The van der Waals surface area contributed by atoms with E-state index in [1.54, 1.807) is 0 Å². The van der Waals surface area contributed by atoms with Crippen molar-refractivity contribution in [1.82, 2.24) is 15.0 Å². The first-order valence-electron chi connectivity index (χ1n) is 12.0. The summed E-state index contributed by atoms with van der Waals surface area (Å²) in [5, 5.41) is 7.77. The fourth-order valence-corrected chi connectivity index (χ4v) is 4.92. The molecule has 1 amide bonds. The second-order valence-electron chi connectivity index (χ2n) is 9.13. The maximum atomic E-state index is 12.9. The molecule has 7 nitrogen and oxygen atoms in total. The van der Waals surface area contributed by atoms with Gasteiger partial charge in [0, 0.05) is 22.8 Å². The number of ether oxygens (including phenoxy) is 1. The number of nitrogens with one attached hydrogen (secondary N) is 1. The van der Waals surface area contributed by atoms with Crippen molar-refractivity contribution in [2.45, 2.75) is 51.2 Å². The van der Waals surface area contributed by atoms with Gasteiger partial charge in [-0.1, -0.05) is 28.9 Å². The third-order valence-corrected chi connectivity index (χ3v) is 6.75. The number of aromatic nitrogens is 2. The highest BCUT2D eigenvalue weighted by Gasteiger charge is 2.27. The number of hydrogen-bond donors (Lipinski definition) is 1. The highest BCUT2D eigenvalue weighted by atomic mass is 35.5. The molecule has 2 aliphatic rings. The molecular formula is C26H29ClN4O3. The largest absolute Gasteiger partial charge is 0.490 e. The van der Waals surface area contributed by atoms with E-state index >= 15 is 0 Å². The van der Waals surface area contributed by atoms with E-state index in [1.165, 1.54) is 12.8 Å². The van der Waals surface area contributed by atoms with Crippen LogP contribution in [0.5, 0.6) is 5.75 Å². The van der Waals surface area contributed by atoms with Crippen LogP contribution in [-0.2, 0) is 11.3 Å². The summed E-state index contributed by atoms with van der Waals surface area (Å²) in [5.74, 6) is 1.88. The van der Waals surface area contributed by atoms with Crippen LogP contribution in [0, 0.1) is 5.92 Å². The summed E-state index contributed by atoms with van der Waals surface area (Å²) >= 11 is 6.06. The molecule has 1 aromatic heterocycles. The number of piperidine rings is 1. The molecule has 0 radical (unpaired) electrons. The van der Waals surface area contributed by atoms with Crippen LogP contribution in [0.15, 0.2) is 53.1 Å². The maximum absolute atomic E-state index is 12.9. The molecule has 1 unspecified atom stereocenters. The van der Waals surface area contributed by atoms with Crippen molar-refractivity contribution in [2.24, 2.45) is 5.92 Å². The molecule has 34 heavy (non-hydrogen) atoms. The van der Waals surface area contributed by atoms with E-state index in [0.717, 1.165) is 49.2 Å². The Balaban J connectivity index is 1.14. The lowest BCUT2D eigenvalue weighted by Gasteiger charge is -2.30. The number of halogens is 1. The third kappa shape index (κ3) is 5.77.